The van der Waals surface area contributed by atoms with E-state index in [9.17, 15) is 8.42 Å². The van der Waals surface area contributed by atoms with Crippen molar-refractivity contribution in [2.45, 2.75) is 4.21 Å². The van der Waals surface area contributed by atoms with Crippen LogP contribution in [0.3, 0.4) is 0 Å². The van der Waals surface area contributed by atoms with Crippen molar-refractivity contribution in [1.29, 1.82) is 0 Å². The second-order valence-corrected chi connectivity index (χ2v) is 9.66. The molecule has 1 aromatic heterocycles. The van der Waals surface area contributed by atoms with E-state index >= 15 is 0 Å². The number of nitrogens with zero attached hydrogens (tertiary/aromatic N) is 1. The third-order valence-corrected chi connectivity index (χ3v) is 7.20. The van der Waals surface area contributed by atoms with Gasteiger partial charge in [-0.1, -0.05) is 0 Å². The maximum atomic E-state index is 12.5. The van der Waals surface area contributed by atoms with Gasteiger partial charge < -0.3 is 15.0 Å². The molecule has 9 heteroatoms. The van der Waals surface area contributed by atoms with E-state index in [1.165, 1.54) is 11.3 Å². The fraction of sp³-hybridized carbons (Fsp3) is 0.333. The molecule has 1 aromatic carbocycles. The Balaban J connectivity index is 1.88. The largest absolute Gasteiger partial charge is 0.495 e. The first kappa shape index (κ1) is 17.5. The Morgan fingerprint density at radius 1 is 1.25 bits per heavy atom. The molecule has 6 nitrogen and oxygen atoms in total. The first-order chi connectivity index (χ1) is 11.5. The van der Waals surface area contributed by atoms with Crippen LogP contribution in [0, 0.1) is 0 Å². The summed E-state index contributed by atoms with van der Waals surface area (Å²) in [6.45, 7) is 3.49. The smallest absolute Gasteiger partial charge is 0.271 e. The number of benzene rings is 1. The Labute approximate surface area is 154 Å². The summed E-state index contributed by atoms with van der Waals surface area (Å²) in [7, 11) is -1.97. The minimum atomic E-state index is -3.59. The van der Waals surface area contributed by atoms with Gasteiger partial charge in [0.05, 0.1) is 22.3 Å². The Bertz CT molecular complexity index is 817. The van der Waals surface area contributed by atoms with Crippen LogP contribution in [0.5, 0.6) is 5.75 Å². The summed E-state index contributed by atoms with van der Waals surface area (Å²) in [6.07, 6.45) is 0. The topological polar surface area (TPSA) is 70.7 Å². The highest BCUT2D eigenvalue weighted by Gasteiger charge is 2.19. The third kappa shape index (κ3) is 3.85. The molecule has 0 spiro atoms. The first-order valence-electron chi connectivity index (χ1n) is 7.41. The summed E-state index contributed by atoms with van der Waals surface area (Å²) >= 11 is 4.47. The van der Waals surface area contributed by atoms with Gasteiger partial charge in [0.25, 0.3) is 10.0 Å². The van der Waals surface area contributed by atoms with Crippen LogP contribution in [-0.2, 0) is 10.0 Å². The van der Waals surface area contributed by atoms with Crippen LogP contribution in [0.1, 0.15) is 0 Å². The van der Waals surface area contributed by atoms with Gasteiger partial charge in [0.1, 0.15) is 9.96 Å². The van der Waals surface area contributed by atoms with Crippen LogP contribution in [0.15, 0.2) is 38.3 Å². The highest BCUT2D eigenvalue weighted by molar-refractivity contribution is 9.11. The number of piperazine rings is 1. The van der Waals surface area contributed by atoms with Gasteiger partial charge in [-0.25, -0.2) is 8.42 Å². The molecule has 1 aliphatic heterocycles. The summed E-state index contributed by atoms with van der Waals surface area (Å²) in [5.74, 6) is 0.735. The van der Waals surface area contributed by atoms with Crippen LogP contribution in [0.2, 0.25) is 0 Å². The standard InChI is InChI=1S/C15H18BrN3O3S2/c1-22-13-3-2-11(10-12(13)19-8-6-17-7-9-19)18-24(20,21)15-5-4-14(16)23-15/h2-5,10,17-18H,6-9H2,1H3. The Kier molecular flexibility index (Phi) is 5.33. The highest BCUT2D eigenvalue weighted by atomic mass is 79.9. The lowest BCUT2D eigenvalue weighted by molar-refractivity contribution is 0.413. The number of hydrogen-bond donors (Lipinski definition) is 2. The van der Waals surface area contributed by atoms with Crippen molar-refractivity contribution in [2.24, 2.45) is 0 Å². The van der Waals surface area contributed by atoms with Crippen molar-refractivity contribution < 1.29 is 13.2 Å². The van der Waals surface area contributed by atoms with Crippen LogP contribution >= 0.6 is 27.3 Å². The lowest BCUT2D eigenvalue weighted by Gasteiger charge is -2.30. The molecule has 0 saturated carbocycles. The molecule has 0 unspecified atom stereocenters. The van der Waals surface area contributed by atoms with E-state index in [1.807, 2.05) is 6.07 Å². The second-order valence-electron chi connectivity index (χ2n) is 5.29. The lowest BCUT2D eigenvalue weighted by Crippen LogP contribution is -2.43. The summed E-state index contributed by atoms with van der Waals surface area (Å²) in [4.78, 5) is 2.19. The van der Waals surface area contributed by atoms with Crippen molar-refractivity contribution in [1.82, 2.24) is 5.32 Å². The van der Waals surface area contributed by atoms with Crippen molar-refractivity contribution in [2.75, 3.05) is 42.9 Å². The van der Waals surface area contributed by atoms with Gasteiger partial charge >= 0.3 is 0 Å². The molecule has 0 bridgehead atoms. The monoisotopic (exact) mass is 431 g/mol. The van der Waals surface area contributed by atoms with Gasteiger partial charge in [-0.3, -0.25) is 4.72 Å². The number of hydrogen-bond acceptors (Lipinski definition) is 6. The van der Waals surface area contributed by atoms with E-state index in [2.05, 4.69) is 30.9 Å². The lowest BCUT2D eigenvalue weighted by atomic mass is 10.2. The van der Waals surface area contributed by atoms with Gasteiger partial charge in [-0.15, -0.1) is 11.3 Å². The number of sulfonamides is 1. The predicted octanol–water partition coefficient (Wildman–Crippen LogP) is 2.73. The maximum absolute atomic E-state index is 12.5. The average molecular weight is 432 g/mol. The van der Waals surface area contributed by atoms with Crippen molar-refractivity contribution >= 4 is 48.7 Å². The zero-order valence-corrected chi connectivity index (χ0v) is 16.3. The zero-order chi connectivity index (χ0) is 17.2. The second kappa shape index (κ2) is 7.30. The number of anilines is 2. The van der Waals surface area contributed by atoms with E-state index in [1.54, 1.807) is 31.4 Å². The SMILES string of the molecule is COc1ccc(NS(=O)(=O)c2ccc(Br)s2)cc1N1CCNCC1. The molecular formula is C15H18BrN3O3S2. The van der Waals surface area contributed by atoms with Crippen LogP contribution in [-0.4, -0.2) is 41.7 Å². The number of thiophene rings is 1. The molecular weight excluding hydrogens is 414 g/mol. The van der Waals surface area contributed by atoms with Gasteiger partial charge in [-0.05, 0) is 46.3 Å². The molecule has 3 rings (SSSR count). The predicted molar refractivity (Wildman–Crippen MR) is 101 cm³/mol. The Morgan fingerprint density at radius 2 is 2.00 bits per heavy atom. The number of halogens is 1. The van der Waals surface area contributed by atoms with Gasteiger partial charge in [0.15, 0.2) is 0 Å². The number of ether oxygens (including phenoxy) is 1. The molecule has 0 amide bonds. The maximum Gasteiger partial charge on any atom is 0.271 e. The van der Waals surface area contributed by atoms with Crippen LogP contribution < -0.4 is 19.7 Å². The van der Waals surface area contributed by atoms with Crippen LogP contribution in [0.25, 0.3) is 0 Å². The van der Waals surface area contributed by atoms with Gasteiger partial charge in [-0.2, -0.15) is 0 Å². The van der Waals surface area contributed by atoms with Gasteiger partial charge in [0, 0.05) is 26.2 Å². The summed E-state index contributed by atoms with van der Waals surface area (Å²) in [6, 6.07) is 8.63. The van der Waals surface area contributed by atoms with E-state index in [0.717, 1.165) is 41.4 Å². The summed E-state index contributed by atoms with van der Waals surface area (Å²) < 4.78 is 34.1. The van der Waals surface area contributed by atoms with Crippen molar-refractivity contribution in [3.05, 3.63) is 34.1 Å². The van der Waals surface area contributed by atoms with E-state index in [4.69, 9.17) is 4.74 Å². The molecule has 2 N–H and O–H groups in total. The molecule has 0 aliphatic carbocycles. The normalized spacial score (nSPS) is 15.3. The molecule has 24 heavy (non-hydrogen) atoms. The van der Waals surface area contributed by atoms with Crippen molar-refractivity contribution in [3.63, 3.8) is 0 Å². The fourth-order valence-electron chi connectivity index (χ4n) is 2.55. The zero-order valence-electron chi connectivity index (χ0n) is 13.1. The summed E-state index contributed by atoms with van der Waals surface area (Å²) in [5.41, 5.74) is 1.42. The average Bonchev–Trinajstić information content (AvgIpc) is 3.03. The minimum absolute atomic E-state index is 0.272. The molecule has 1 saturated heterocycles. The van der Waals surface area contributed by atoms with Crippen molar-refractivity contribution in [3.8, 4) is 5.75 Å². The Morgan fingerprint density at radius 3 is 2.62 bits per heavy atom. The van der Waals surface area contributed by atoms with E-state index in [-0.39, 0.29) is 4.21 Å². The quantitative estimate of drug-likeness (QED) is 0.761. The van der Waals surface area contributed by atoms with E-state index in [0.29, 0.717) is 5.69 Å². The third-order valence-electron chi connectivity index (χ3n) is 3.70. The number of methoxy groups -OCH3 is 1. The first-order valence-corrected chi connectivity index (χ1v) is 10.5. The van der Waals surface area contributed by atoms with Gasteiger partial charge in [0.2, 0.25) is 0 Å². The molecule has 2 heterocycles. The minimum Gasteiger partial charge on any atom is -0.495 e. The molecule has 1 fully saturated rings. The van der Waals surface area contributed by atoms with Crippen LogP contribution in [0.4, 0.5) is 11.4 Å². The molecule has 130 valence electrons. The fourth-order valence-corrected chi connectivity index (χ4v) is 5.61. The highest BCUT2D eigenvalue weighted by Crippen LogP contribution is 2.33. The summed E-state index contributed by atoms with van der Waals surface area (Å²) in [5, 5.41) is 3.30. The number of rotatable bonds is 5. The molecule has 2 aromatic rings. The molecule has 0 radical (unpaired) electrons. The Hall–Kier alpha value is -1.29. The molecule has 0 atom stereocenters. The van der Waals surface area contributed by atoms with E-state index < -0.39 is 10.0 Å². The number of nitrogens with one attached hydrogen (secondary N) is 2. The molecule has 1 aliphatic rings.